The van der Waals surface area contributed by atoms with Crippen molar-refractivity contribution in [1.29, 1.82) is 0 Å². The van der Waals surface area contributed by atoms with Gasteiger partial charge in [-0.1, -0.05) is 5.04 Å². The van der Waals surface area contributed by atoms with Gasteiger partial charge in [0.15, 0.2) is 0 Å². The van der Waals surface area contributed by atoms with Gasteiger partial charge in [0.2, 0.25) is 0 Å². The maximum absolute atomic E-state index is 12.8. The van der Waals surface area contributed by atoms with Crippen LogP contribution in [-0.4, -0.2) is 28.8 Å². The minimum atomic E-state index is -5.50. The van der Waals surface area contributed by atoms with Crippen LogP contribution in [0.5, 0.6) is 0 Å². The maximum Gasteiger partial charge on any atom is 0.432 e. The van der Waals surface area contributed by atoms with Crippen LogP contribution in [0.2, 0.25) is 0 Å². The normalized spacial score (nSPS) is 14.7. The van der Waals surface area contributed by atoms with Crippen LogP contribution in [0.15, 0.2) is 0 Å². The van der Waals surface area contributed by atoms with E-state index in [0.717, 1.165) is 0 Å². The van der Waals surface area contributed by atoms with E-state index in [1.54, 1.807) is 0 Å². The third-order valence-electron chi connectivity index (χ3n) is 1.06. The number of carbonyl (C=O) groups is 1. The lowest BCUT2D eigenvalue weighted by Gasteiger charge is -2.25. The maximum atomic E-state index is 12.8. The molecule has 0 heterocycles. The van der Waals surface area contributed by atoms with Crippen molar-refractivity contribution >= 4 is 18.0 Å². The summed E-state index contributed by atoms with van der Waals surface area (Å²) in [5.41, 5.74) is 0. The smallest absolute Gasteiger partial charge is 0.432 e. The molecule has 0 aromatic rings. The number of rotatable bonds is 5. The second-order valence-corrected chi connectivity index (χ2v) is 3.17. The van der Waals surface area contributed by atoms with Crippen molar-refractivity contribution in [3.63, 3.8) is 0 Å². The molecule has 0 amide bonds. The second kappa shape index (κ2) is 5.61. The van der Waals surface area contributed by atoms with Gasteiger partial charge in [-0.2, -0.15) is 22.0 Å². The van der Waals surface area contributed by atoms with Crippen molar-refractivity contribution in [3.8, 4) is 0 Å². The second-order valence-electron chi connectivity index (χ2n) is 2.32. The van der Waals surface area contributed by atoms with Crippen LogP contribution in [0.25, 0.3) is 0 Å². The highest BCUT2D eigenvalue weighted by Crippen LogP contribution is 2.42. The van der Waals surface area contributed by atoms with Crippen LogP contribution >= 0.6 is 12.0 Å². The van der Waals surface area contributed by atoms with Gasteiger partial charge in [0.25, 0.3) is 6.10 Å². The summed E-state index contributed by atoms with van der Waals surface area (Å²) in [5, 5.41) is 5.58. The van der Waals surface area contributed by atoms with Crippen molar-refractivity contribution in [2.24, 2.45) is 0 Å². The molecule has 1 atom stereocenters. The summed E-state index contributed by atoms with van der Waals surface area (Å²) in [4.78, 5) is 10.2. The molecule has 1 unspecified atom stereocenters. The fourth-order valence-corrected chi connectivity index (χ4v) is 0.986. The molecule has 0 aromatic heterocycles. The molecule has 0 saturated heterocycles. The van der Waals surface area contributed by atoms with Crippen molar-refractivity contribution in [2.75, 3.05) is 0 Å². The molecule has 96 valence electrons. The minimum absolute atomic E-state index is 0.531. The van der Waals surface area contributed by atoms with Gasteiger partial charge < -0.3 is 4.74 Å². The zero-order chi connectivity index (χ0) is 13.0. The highest BCUT2D eigenvalue weighted by atomic mass is 32.2. The predicted molar refractivity (Wildman–Crippen MR) is 38.9 cm³/mol. The standard InChI is InChI=1S/C5H5F5O5S/c1-2(11)13-3(4(6,7)8)5(9,10)16-15-14-12/h3,12H,1H3. The molecule has 1 N–H and O–H groups in total. The number of alkyl halides is 5. The number of carbonyl (C=O) groups excluding carboxylic acids is 1. The average Bonchev–Trinajstić information content (AvgIpc) is 2.09. The first kappa shape index (κ1) is 15.3. The fraction of sp³-hybridized carbons (Fsp3) is 0.800. The largest absolute Gasteiger partial charge is 0.445 e. The first-order valence-corrected chi connectivity index (χ1v) is 4.13. The van der Waals surface area contributed by atoms with Crippen LogP contribution in [0, 0.1) is 0 Å². The SMILES string of the molecule is CC(=O)OC(C(F)(F)F)C(F)(F)SOOO. The van der Waals surface area contributed by atoms with Crippen LogP contribution < -0.4 is 0 Å². The van der Waals surface area contributed by atoms with Gasteiger partial charge in [-0.25, -0.2) is 5.26 Å². The van der Waals surface area contributed by atoms with Gasteiger partial charge in [-0.3, -0.25) is 4.79 Å². The van der Waals surface area contributed by atoms with Crippen molar-refractivity contribution < 1.29 is 46.1 Å². The van der Waals surface area contributed by atoms with E-state index in [-0.39, 0.29) is 0 Å². The summed E-state index contributed by atoms with van der Waals surface area (Å²) < 4.78 is 68.4. The Morgan fingerprint density at radius 1 is 1.31 bits per heavy atom. The van der Waals surface area contributed by atoms with Gasteiger partial charge in [-0.15, -0.1) is 4.33 Å². The van der Waals surface area contributed by atoms with E-state index >= 15 is 0 Å². The lowest BCUT2D eigenvalue weighted by molar-refractivity contribution is -0.434. The lowest BCUT2D eigenvalue weighted by Crippen LogP contribution is -2.46. The van der Waals surface area contributed by atoms with Crippen LogP contribution in [0.3, 0.4) is 0 Å². The highest BCUT2D eigenvalue weighted by molar-refractivity contribution is 7.95. The molecule has 0 aliphatic rings. The summed E-state index contributed by atoms with van der Waals surface area (Å²) in [6.45, 7) is 0.531. The molecule has 0 bridgehead atoms. The third kappa shape index (κ3) is 4.92. The summed E-state index contributed by atoms with van der Waals surface area (Å²) in [7, 11) is 0. The summed E-state index contributed by atoms with van der Waals surface area (Å²) in [6.07, 6.45) is -9.21. The zero-order valence-electron chi connectivity index (χ0n) is 7.46. The van der Waals surface area contributed by atoms with E-state index in [9.17, 15) is 26.7 Å². The Bertz CT molecular complexity index is 244. The quantitative estimate of drug-likeness (QED) is 0.272. The molecule has 16 heavy (non-hydrogen) atoms. The van der Waals surface area contributed by atoms with E-state index in [1.165, 1.54) is 0 Å². The van der Waals surface area contributed by atoms with Crippen LogP contribution in [0.1, 0.15) is 6.92 Å². The van der Waals surface area contributed by atoms with Gasteiger partial charge in [0.1, 0.15) is 12.0 Å². The molecule has 5 nitrogen and oxygen atoms in total. The first-order chi connectivity index (χ1) is 7.11. The Labute approximate surface area is 89.5 Å². The van der Waals surface area contributed by atoms with Crippen LogP contribution in [0.4, 0.5) is 22.0 Å². The van der Waals surface area contributed by atoms with Gasteiger partial charge in [0.05, 0.1) is 0 Å². The zero-order valence-corrected chi connectivity index (χ0v) is 8.27. The Morgan fingerprint density at radius 3 is 2.12 bits per heavy atom. The first-order valence-electron chi connectivity index (χ1n) is 3.39. The monoisotopic (exact) mass is 272 g/mol. The molecule has 0 fully saturated rings. The molecule has 0 aliphatic carbocycles. The fourth-order valence-electron chi connectivity index (χ4n) is 0.596. The Balaban J connectivity index is 4.79. The van der Waals surface area contributed by atoms with Gasteiger partial charge >= 0.3 is 17.4 Å². The molecular weight excluding hydrogens is 267 g/mol. The Kier molecular flexibility index (Phi) is 5.38. The highest BCUT2D eigenvalue weighted by Gasteiger charge is 2.60. The molecule has 0 saturated carbocycles. The summed E-state index contributed by atoms with van der Waals surface area (Å²) in [5.74, 6) is -1.55. The topological polar surface area (TPSA) is 65.0 Å². The number of hydrogen-bond donors (Lipinski definition) is 1. The van der Waals surface area contributed by atoms with Crippen LogP contribution in [-0.2, 0) is 18.9 Å². The number of ether oxygens (including phenoxy) is 1. The minimum Gasteiger partial charge on any atom is -0.445 e. The van der Waals surface area contributed by atoms with E-state index in [1.807, 2.05) is 0 Å². The molecule has 0 radical (unpaired) electrons. The van der Waals surface area contributed by atoms with E-state index in [2.05, 4.69) is 14.1 Å². The number of esters is 1. The van der Waals surface area contributed by atoms with Gasteiger partial charge in [0, 0.05) is 6.92 Å². The molecule has 0 rings (SSSR count). The Morgan fingerprint density at radius 2 is 1.81 bits per heavy atom. The summed E-state index contributed by atoms with van der Waals surface area (Å²) in [6, 6.07) is 0. The molecule has 0 aromatic carbocycles. The number of halogens is 5. The lowest BCUT2D eigenvalue weighted by atomic mass is 10.3. The Hall–Kier alpha value is -0.650. The van der Waals surface area contributed by atoms with Crippen molar-refractivity contribution in [1.82, 2.24) is 0 Å². The molecule has 0 aliphatic heterocycles. The van der Waals surface area contributed by atoms with Crippen molar-refractivity contribution in [2.45, 2.75) is 24.5 Å². The summed E-state index contributed by atoms with van der Waals surface area (Å²) >= 11 is -1.15. The average molecular weight is 272 g/mol. The predicted octanol–water partition coefficient (Wildman–Crippen LogP) is 2.14. The molecule has 11 heteroatoms. The van der Waals surface area contributed by atoms with E-state index in [0.29, 0.717) is 6.92 Å². The molecule has 0 spiro atoms. The number of hydrogen-bond acceptors (Lipinski definition) is 6. The third-order valence-corrected chi connectivity index (χ3v) is 1.63. The van der Waals surface area contributed by atoms with Crippen molar-refractivity contribution in [3.05, 3.63) is 0 Å². The van der Waals surface area contributed by atoms with E-state index < -0.39 is 35.5 Å². The van der Waals surface area contributed by atoms with Gasteiger partial charge in [-0.05, 0) is 0 Å². The van der Waals surface area contributed by atoms with E-state index in [4.69, 9.17) is 5.26 Å². The molecular formula is C5H5F5O5S.